The van der Waals surface area contributed by atoms with Crippen LogP contribution in [0.1, 0.15) is 0 Å². The zero-order valence-corrected chi connectivity index (χ0v) is 9.33. The van der Waals surface area contributed by atoms with Gasteiger partial charge in [-0.1, -0.05) is 0 Å². The summed E-state index contributed by atoms with van der Waals surface area (Å²) in [5, 5.41) is 11.9. The molecule has 0 unspecified atom stereocenters. The first kappa shape index (κ1) is 15.6. The molecule has 20 heavy (non-hydrogen) atoms. The maximum absolute atomic E-state index is 13.3. The highest BCUT2D eigenvalue weighted by Crippen LogP contribution is 2.29. The van der Waals surface area contributed by atoms with Crippen LogP contribution in [0, 0.1) is 21.7 Å². The summed E-state index contributed by atoms with van der Waals surface area (Å²) in [6.45, 7) is -1.98. The van der Waals surface area contributed by atoms with Crippen molar-refractivity contribution in [2.24, 2.45) is 0 Å². The number of nitrogens with one attached hydrogen (secondary N) is 1. The predicted octanol–water partition coefficient (Wildman–Crippen LogP) is 2.98. The largest absolute Gasteiger partial charge is 0.440 e. The Kier molecular flexibility index (Phi) is 4.42. The van der Waals surface area contributed by atoms with Crippen molar-refractivity contribution in [2.75, 3.05) is 11.9 Å². The van der Waals surface area contributed by atoms with E-state index in [1.165, 1.54) is 5.32 Å². The van der Waals surface area contributed by atoms with Crippen LogP contribution in [0.3, 0.4) is 0 Å². The Balaban J connectivity index is 2.94. The van der Waals surface area contributed by atoms with Gasteiger partial charge in [-0.25, -0.2) is 13.6 Å². The maximum Gasteiger partial charge on any atom is 0.422 e. The average molecular weight is 300 g/mol. The number of nitrogens with zero attached hydrogens (tertiary/aromatic N) is 1. The van der Waals surface area contributed by atoms with Gasteiger partial charge in [-0.2, -0.15) is 13.2 Å². The van der Waals surface area contributed by atoms with Crippen molar-refractivity contribution in [3.63, 3.8) is 0 Å². The lowest BCUT2D eigenvalue weighted by Gasteiger charge is -2.10. The Hall–Kier alpha value is -2.46. The van der Waals surface area contributed by atoms with Gasteiger partial charge in [0.1, 0.15) is 0 Å². The average Bonchev–Trinajstić information content (AvgIpc) is 2.31. The van der Waals surface area contributed by atoms with Crippen LogP contribution in [0.15, 0.2) is 12.1 Å². The van der Waals surface area contributed by atoms with Crippen LogP contribution in [-0.4, -0.2) is 23.8 Å². The first-order chi connectivity index (χ1) is 9.11. The Morgan fingerprint density at radius 1 is 1.35 bits per heavy atom. The van der Waals surface area contributed by atoms with Crippen LogP contribution < -0.4 is 5.32 Å². The Labute approximate surface area is 107 Å². The second kappa shape index (κ2) is 5.67. The van der Waals surface area contributed by atoms with Gasteiger partial charge in [0.2, 0.25) is 0 Å². The van der Waals surface area contributed by atoms with Gasteiger partial charge in [-0.3, -0.25) is 15.4 Å². The van der Waals surface area contributed by atoms with E-state index in [2.05, 4.69) is 4.74 Å². The number of hydrogen-bond donors (Lipinski definition) is 1. The van der Waals surface area contributed by atoms with Crippen molar-refractivity contribution in [1.29, 1.82) is 0 Å². The van der Waals surface area contributed by atoms with Crippen molar-refractivity contribution in [2.45, 2.75) is 6.18 Å². The van der Waals surface area contributed by atoms with Gasteiger partial charge in [-0.15, -0.1) is 0 Å². The molecular weight excluding hydrogens is 295 g/mol. The van der Waals surface area contributed by atoms with Crippen LogP contribution in [0.5, 0.6) is 0 Å². The summed E-state index contributed by atoms with van der Waals surface area (Å²) in [5.41, 5.74) is -2.25. The van der Waals surface area contributed by atoms with E-state index in [4.69, 9.17) is 0 Å². The number of halogens is 5. The number of anilines is 1. The van der Waals surface area contributed by atoms with Crippen molar-refractivity contribution >= 4 is 17.5 Å². The molecule has 0 aliphatic carbocycles. The Morgan fingerprint density at radius 2 is 1.95 bits per heavy atom. The smallest absolute Gasteiger partial charge is 0.422 e. The lowest BCUT2D eigenvalue weighted by atomic mass is 10.2. The fourth-order valence-corrected chi connectivity index (χ4v) is 1.10. The summed E-state index contributed by atoms with van der Waals surface area (Å²) in [5.74, 6) is -3.31. The molecule has 6 nitrogen and oxygen atoms in total. The Morgan fingerprint density at radius 3 is 2.45 bits per heavy atom. The highest BCUT2D eigenvalue weighted by atomic mass is 19.4. The molecule has 0 heterocycles. The van der Waals surface area contributed by atoms with Gasteiger partial charge >= 0.3 is 12.3 Å². The molecule has 0 bridgehead atoms. The number of hydrogen-bond acceptors (Lipinski definition) is 4. The van der Waals surface area contributed by atoms with Gasteiger partial charge in [0, 0.05) is 6.07 Å². The van der Waals surface area contributed by atoms with Gasteiger partial charge in [-0.05, 0) is 6.07 Å². The number of benzene rings is 1. The van der Waals surface area contributed by atoms with Crippen LogP contribution in [0.2, 0.25) is 0 Å². The fourth-order valence-electron chi connectivity index (χ4n) is 1.10. The minimum atomic E-state index is -4.83. The van der Waals surface area contributed by atoms with E-state index in [0.717, 1.165) is 0 Å². The number of carbonyl (C=O) groups is 1. The van der Waals surface area contributed by atoms with E-state index in [-0.39, 0.29) is 0 Å². The molecule has 1 N–H and O–H groups in total. The van der Waals surface area contributed by atoms with E-state index >= 15 is 0 Å². The minimum Gasteiger partial charge on any atom is -0.440 e. The first-order valence-corrected chi connectivity index (χ1v) is 4.74. The highest BCUT2D eigenvalue weighted by Gasteiger charge is 2.30. The number of rotatable bonds is 3. The third-order valence-corrected chi connectivity index (χ3v) is 1.86. The zero-order chi connectivity index (χ0) is 15.5. The molecule has 110 valence electrons. The third-order valence-electron chi connectivity index (χ3n) is 1.86. The summed E-state index contributed by atoms with van der Waals surface area (Å²) in [7, 11) is 0. The van der Waals surface area contributed by atoms with E-state index in [1.807, 2.05) is 0 Å². The van der Waals surface area contributed by atoms with Crippen LogP contribution >= 0.6 is 0 Å². The standard InChI is InChI=1S/C9H5F5N2O4/c10-4-1-2-5(16(18)19)7(6(4)11)15-8(17)20-3-9(12,13)14/h1-2H,3H2,(H,15,17). The lowest BCUT2D eigenvalue weighted by molar-refractivity contribution is -0.384. The van der Waals surface area contributed by atoms with Gasteiger partial charge < -0.3 is 4.74 Å². The highest BCUT2D eigenvalue weighted by molar-refractivity contribution is 5.88. The molecule has 0 saturated carbocycles. The number of nitro groups is 1. The van der Waals surface area contributed by atoms with E-state index in [0.29, 0.717) is 12.1 Å². The first-order valence-electron chi connectivity index (χ1n) is 4.74. The van der Waals surface area contributed by atoms with E-state index in [9.17, 15) is 36.9 Å². The third kappa shape index (κ3) is 4.03. The molecule has 11 heteroatoms. The number of alkyl halides is 3. The molecule has 1 rings (SSSR count). The number of carbonyl (C=O) groups excluding carboxylic acids is 1. The molecule has 0 fully saturated rings. The van der Waals surface area contributed by atoms with Crippen LogP contribution in [0.25, 0.3) is 0 Å². The van der Waals surface area contributed by atoms with Crippen molar-refractivity contribution < 1.29 is 36.4 Å². The number of nitro benzene ring substituents is 1. The fraction of sp³-hybridized carbons (Fsp3) is 0.222. The Bertz CT molecular complexity index is 546. The minimum absolute atomic E-state index is 0.430. The van der Waals surface area contributed by atoms with Crippen molar-refractivity contribution in [3.8, 4) is 0 Å². The van der Waals surface area contributed by atoms with Crippen molar-refractivity contribution in [1.82, 2.24) is 0 Å². The van der Waals surface area contributed by atoms with Gasteiger partial charge in [0.25, 0.3) is 5.69 Å². The zero-order valence-electron chi connectivity index (χ0n) is 9.33. The van der Waals surface area contributed by atoms with Gasteiger partial charge in [0.15, 0.2) is 23.9 Å². The monoisotopic (exact) mass is 300 g/mol. The van der Waals surface area contributed by atoms with Crippen molar-refractivity contribution in [3.05, 3.63) is 33.9 Å². The van der Waals surface area contributed by atoms with Gasteiger partial charge in [0.05, 0.1) is 4.92 Å². The van der Waals surface area contributed by atoms with E-state index < -0.39 is 46.8 Å². The summed E-state index contributed by atoms with van der Waals surface area (Å²) in [6.07, 6.45) is -6.64. The summed E-state index contributed by atoms with van der Waals surface area (Å²) in [6, 6.07) is 0.970. The maximum atomic E-state index is 13.3. The summed E-state index contributed by atoms with van der Waals surface area (Å²) >= 11 is 0. The molecule has 0 saturated heterocycles. The number of ether oxygens (including phenoxy) is 1. The summed E-state index contributed by atoms with van der Waals surface area (Å²) < 4.78 is 65.1. The lowest BCUT2D eigenvalue weighted by Crippen LogP contribution is -2.24. The molecule has 0 radical (unpaired) electrons. The van der Waals surface area contributed by atoms with Crippen LogP contribution in [-0.2, 0) is 4.74 Å². The molecular formula is C9H5F5N2O4. The second-order valence-corrected chi connectivity index (χ2v) is 3.33. The molecule has 1 aromatic carbocycles. The van der Waals surface area contributed by atoms with Crippen LogP contribution in [0.4, 0.5) is 38.1 Å². The molecule has 0 spiro atoms. The molecule has 1 aromatic rings. The normalized spacial score (nSPS) is 11.1. The molecule has 0 aliphatic heterocycles. The molecule has 0 aromatic heterocycles. The summed E-state index contributed by atoms with van der Waals surface area (Å²) in [4.78, 5) is 20.3. The molecule has 0 aliphatic rings. The predicted molar refractivity (Wildman–Crippen MR) is 54.0 cm³/mol. The second-order valence-electron chi connectivity index (χ2n) is 3.33. The topological polar surface area (TPSA) is 81.5 Å². The molecule has 0 atom stereocenters. The number of amides is 1. The molecule has 1 amide bonds. The SMILES string of the molecule is O=C(Nc1c([N+](=O)[O-])ccc(F)c1F)OCC(F)(F)F. The quantitative estimate of drug-likeness (QED) is 0.528. The van der Waals surface area contributed by atoms with E-state index in [1.54, 1.807) is 0 Å².